The van der Waals surface area contributed by atoms with Crippen LogP contribution in [0, 0.1) is 12.8 Å². The molecule has 3 rings (SSSR count). The molecule has 25 heavy (non-hydrogen) atoms. The topological polar surface area (TPSA) is 59.0 Å². The van der Waals surface area contributed by atoms with Gasteiger partial charge in [-0.1, -0.05) is 43.7 Å². The van der Waals surface area contributed by atoms with Gasteiger partial charge in [0, 0.05) is 44.2 Å². The smallest absolute Gasteiger partial charge is 0.225 e. The summed E-state index contributed by atoms with van der Waals surface area (Å²) in [4.78, 5) is 12.8. The molecule has 0 aliphatic carbocycles. The summed E-state index contributed by atoms with van der Waals surface area (Å²) in [5.74, 6) is 0.272. The maximum Gasteiger partial charge on any atom is 0.225 e. The van der Waals surface area contributed by atoms with Crippen LogP contribution in [0.25, 0.3) is 0 Å². The van der Waals surface area contributed by atoms with Gasteiger partial charge < -0.3 is 10.6 Å². The molecule has 1 amide bonds. The highest BCUT2D eigenvalue weighted by Gasteiger charge is 2.35. The van der Waals surface area contributed by atoms with Crippen LogP contribution in [0.2, 0.25) is 0 Å². The van der Waals surface area contributed by atoms with Crippen LogP contribution in [0.5, 0.6) is 0 Å². The fourth-order valence-electron chi connectivity index (χ4n) is 3.48. The Morgan fingerprint density at radius 3 is 2.68 bits per heavy atom. The Hall–Kier alpha value is -2.14. The molecule has 0 spiro atoms. The van der Waals surface area contributed by atoms with E-state index in [2.05, 4.69) is 60.8 Å². The highest BCUT2D eigenvalue weighted by atomic mass is 16.1. The maximum absolute atomic E-state index is 12.8. The lowest BCUT2D eigenvalue weighted by atomic mass is 9.83. The first-order valence-electron chi connectivity index (χ1n) is 8.91. The molecule has 1 aliphatic heterocycles. The van der Waals surface area contributed by atoms with E-state index in [1.165, 1.54) is 11.1 Å². The second-order valence-corrected chi connectivity index (χ2v) is 7.79. The van der Waals surface area contributed by atoms with Gasteiger partial charge in [-0.25, -0.2) is 0 Å². The van der Waals surface area contributed by atoms with E-state index in [1.54, 1.807) is 4.68 Å². The number of rotatable bonds is 5. The third kappa shape index (κ3) is 3.93. The lowest BCUT2D eigenvalue weighted by molar-refractivity contribution is -0.125. The van der Waals surface area contributed by atoms with Gasteiger partial charge in [0.25, 0.3) is 0 Å². The van der Waals surface area contributed by atoms with E-state index in [9.17, 15) is 4.79 Å². The number of carbonyl (C=O) groups excluding carboxylic acids is 1. The van der Waals surface area contributed by atoms with Gasteiger partial charge >= 0.3 is 0 Å². The van der Waals surface area contributed by atoms with Crippen LogP contribution in [0.4, 0.5) is 0 Å². The van der Waals surface area contributed by atoms with Gasteiger partial charge in [0.15, 0.2) is 0 Å². The van der Waals surface area contributed by atoms with Gasteiger partial charge in [-0.3, -0.25) is 9.48 Å². The van der Waals surface area contributed by atoms with Crippen LogP contribution in [0.3, 0.4) is 0 Å². The predicted molar refractivity (Wildman–Crippen MR) is 99.5 cm³/mol. The fraction of sp³-hybridized carbons (Fsp3) is 0.500. The summed E-state index contributed by atoms with van der Waals surface area (Å²) >= 11 is 0. The first-order chi connectivity index (χ1) is 11.9. The molecule has 0 saturated carbocycles. The Balaban J connectivity index is 1.64. The largest absolute Gasteiger partial charge is 0.355 e. The van der Waals surface area contributed by atoms with E-state index in [0.717, 1.165) is 18.7 Å². The first-order valence-corrected chi connectivity index (χ1v) is 8.91. The van der Waals surface area contributed by atoms with Crippen LogP contribution in [0.1, 0.15) is 36.5 Å². The van der Waals surface area contributed by atoms with Gasteiger partial charge in [-0.2, -0.15) is 5.10 Å². The molecule has 2 atom stereocenters. The van der Waals surface area contributed by atoms with Crippen LogP contribution in [-0.2, 0) is 17.3 Å². The van der Waals surface area contributed by atoms with Gasteiger partial charge in [-0.15, -0.1) is 0 Å². The maximum atomic E-state index is 12.8. The number of hydrogen-bond acceptors (Lipinski definition) is 3. The monoisotopic (exact) mass is 340 g/mol. The molecule has 1 saturated heterocycles. The van der Waals surface area contributed by atoms with E-state index < -0.39 is 0 Å². The van der Waals surface area contributed by atoms with Gasteiger partial charge in [0.1, 0.15) is 0 Å². The van der Waals surface area contributed by atoms with Crippen molar-refractivity contribution in [3.8, 4) is 0 Å². The molecule has 0 radical (unpaired) electrons. The number of carbonyl (C=O) groups is 1. The van der Waals surface area contributed by atoms with E-state index in [-0.39, 0.29) is 23.2 Å². The number of hydrogen-bond donors (Lipinski definition) is 2. The van der Waals surface area contributed by atoms with Crippen molar-refractivity contribution in [3.05, 3.63) is 53.3 Å². The predicted octanol–water partition coefficient (Wildman–Crippen LogP) is 2.13. The zero-order chi connectivity index (χ0) is 18.0. The van der Waals surface area contributed by atoms with Crippen molar-refractivity contribution in [3.63, 3.8) is 0 Å². The SMILES string of the molecule is Cc1ccc(C(C)(C)CNC(=O)[C@H]2CNC[C@@H]2c2cnn(C)c2)cc1. The Kier molecular flexibility index (Phi) is 4.95. The summed E-state index contributed by atoms with van der Waals surface area (Å²) in [5, 5.41) is 10.8. The molecule has 2 aromatic rings. The van der Waals surface area contributed by atoms with Gasteiger partial charge in [-0.05, 0) is 18.1 Å². The van der Waals surface area contributed by atoms with Crippen LogP contribution in [-0.4, -0.2) is 35.3 Å². The van der Waals surface area contributed by atoms with Crippen molar-refractivity contribution < 1.29 is 4.79 Å². The van der Waals surface area contributed by atoms with Crippen LogP contribution < -0.4 is 10.6 Å². The van der Waals surface area contributed by atoms with Crippen molar-refractivity contribution in [2.24, 2.45) is 13.0 Å². The lowest BCUT2D eigenvalue weighted by Gasteiger charge is -2.27. The molecule has 1 aromatic carbocycles. The first kappa shape index (κ1) is 17.7. The molecule has 2 N–H and O–H groups in total. The normalized spacial score (nSPS) is 20.6. The van der Waals surface area contributed by atoms with E-state index in [1.807, 2.05) is 19.4 Å². The van der Waals surface area contributed by atoms with Gasteiger partial charge in [0.05, 0.1) is 12.1 Å². The van der Waals surface area contributed by atoms with Crippen molar-refractivity contribution in [2.75, 3.05) is 19.6 Å². The molecular weight excluding hydrogens is 312 g/mol. The Bertz CT molecular complexity index is 732. The average Bonchev–Trinajstić information content (AvgIpc) is 3.21. The molecule has 2 heterocycles. The number of nitrogens with one attached hydrogen (secondary N) is 2. The van der Waals surface area contributed by atoms with Crippen LogP contribution >= 0.6 is 0 Å². The number of aryl methyl sites for hydroxylation is 2. The molecule has 1 fully saturated rings. The fourth-order valence-corrected chi connectivity index (χ4v) is 3.48. The van der Waals surface area contributed by atoms with Gasteiger partial charge in [0.2, 0.25) is 5.91 Å². The van der Waals surface area contributed by atoms with E-state index in [4.69, 9.17) is 0 Å². The van der Waals surface area contributed by atoms with E-state index in [0.29, 0.717) is 6.54 Å². The highest BCUT2D eigenvalue weighted by Crippen LogP contribution is 2.28. The Labute approximate surface area is 149 Å². The third-order valence-corrected chi connectivity index (χ3v) is 5.24. The van der Waals surface area contributed by atoms with Crippen molar-refractivity contribution in [1.29, 1.82) is 0 Å². The summed E-state index contributed by atoms with van der Waals surface area (Å²) < 4.78 is 1.79. The third-order valence-electron chi connectivity index (χ3n) is 5.24. The molecule has 1 aromatic heterocycles. The summed E-state index contributed by atoms with van der Waals surface area (Å²) in [5.41, 5.74) is 3.52. The Morgan fingerprint density at radius 2 is 2.04 bits per heavy atom. The zero-order valence-electron chi connectivity index (χ0n) is 15.5. The second-order valence-electron chi connectivity index (χ2n) is 7.79. The highest BCUT2D eigenvalue weighted by molar-refractivity contribution is 5.80. The molecule has 5 heteroatoms. The summed E-state index contributed by atoms with van der Waals surface area (Å²) in [6.45, 7) is 8.60. The molecule has 0 unspecified atom stereocenters. The van der Waals surface area contributed by atoms with Crippen molar-refractivity contribution in [2.45, 2.75) is 32.1 Å². The minimum atomic E-state index is -0.0980. The number of nitrogens with zero attached hydrogens (tertiary/aromatic N) is 2. The van der Waals surface area contributed by atoms with Crippen molar-refractivity contribution >= 4 is 5.91 Å². The number of aromatic nitrogens is 2. The summed E-state index contributed by atoms with van der Waals surface area (Å²) in [6.07, 6.45) is 3.88. The summed E-state index contributed by atoms with van der Waals surface area (Å²) in [7, 11) is 1.91. The molecular formula is C20H28N4O. The minimum Gasteiger partial charge on any atom is -0.355 e. The van der Waals surface area contributed by atoms with Crippen molar-refractivity contribution in [1.82, 2.24) is 20.4 Å². The van der Waals surface area contributed by atoms with E-state index >= 15 is 0 Å². The Morgan fingerprint density at radius 1 is 1.32 bits per heavy atom. The molecule has 1 aliphatic rings. The lowest BCUT2D eigenvalue weighted by Crippen LogP contribution is -2.41. The number of amides is 1. The molecule has 5 nitrogen and oxygen atoms in total. The molecule has 0 bridgehead atoms. The summed E-state index contributed by atoms with van der Waals surface area (Å²) in [6, 6.07) is 8.55. The van der Waals surface area contributed by atoms with Crippen LogP contribution in [0.15, 0.2) is 36.7 Å². The second kappa shape index (κ2) is 7.00. The standard InChI is InChI=1S/C20H28N4O/c1-14-5-7-16(8-6-14)20(2,3)13-22-19(25)18-11-21-10-17(18)15-9-23-24(4)12-15/h5-9,12,17-18,21H,10-11,13H2,1-4H3,(H,22,25)/t17-,18+/m1/s1. The molecule has 134 valence electrons. The zero-order valence-corrected chi connectivity index (χ0v) is 15.5. The quantitative estimate of drug-likeness (QED) is 0.877. The number of benzene rings is 1. The minimum absolute atomic E-state index is 0.0435. The average molecular weight is 340 g/mol.